The lowest BCUT2D eigenvalue weighted by atomic mass is 10.0. The van der Waals surface area contributed by atoms with Crippen LogP contribution in [0.5, 0.6) is 5.75 Å². The highest BCUT2D eigenvalue weighted by atomic mass is 19.1. The average Bonchev–Trinajstić information content (AvgIpc) is 2.63. The van der Waals surface area contributed by atoms with Gasteiger partial charge in [-0.25, -0.2) is 14.2 Å². The number of anilines is 2. The molecule has 0 fully saturated rings. The molecule has 126 valence electrons. The zero-order valence-corrected chi connectivity index (χ0v) is 13.4. The summed E-state index contributed by atoms with van der Waals surface area (Å²) in [6.07, 6.45) is 1.45. The number of carboxylic acids is 1. The van der Waals surface area contributed by atoms with E-state index in [4.69, 9.17) is 4.74 Å². The normalized spacial score (nSPS) is 10.3. The van der Waals surface area contributed by atoms with Gasteiger partial charge in [-0.1, -0.05) is 24.3 Å². The Hall–Kier alpha value is -3.41. The van der Waals surface area contributed by atoms with Crippen LogP contribution in [0.4, 0.5) is 15.9 Å². The van der Waals surface area contributed by atoms with Crippen molar-refractivity contribution in [2.24, 2.45) is 0 Å². The maximum absolute atomic E-state index is 14.5. The van der Waals surface area contributed by atoms with Gasteiger partial charge in [-0.3, -0.25) is 0 Å². The third kappa shape index (κ3) is 3.42. The minimum absolute atomic E-state index is 0.0395. The summed E-state index contributed by atoms with van der Waals surface area (Å²) in [5.74, 6) is -0.946. The Morgan fingerprint density at radius 3 is 2.72 bits per heavy atom. The fourth-order valence-corrected chi connectivity index (χ4v) is 2.48. The summed E-state index contributed by atoms with van der Waals surface area (Å²) >= 11 is 0. The molecular formula is C19H15FN2O3. The van der Waals surface area contributed by atoms with E-state index in [2.05, 4.69) is 10.3 Å². The Morgan fingerprint density at radius 2 is 1.96 bits per heavy atom. The number of para-hydroxylation sites is 1. The Kier molecular flexibility index (Phi) is 4.61. The van der Waals surface area contributed by atoms with Gasteiger partial charge >= 0.3 is 5.97 Å². The van der Waals surface area contributed by atoms with Crippen LogP contribution in [-0.4, -0.2) is 23.2 Å². The Morgan fingerprint density at radius 1 is 1.16 bits per heavy atom. The summed E-state index contributed by atoms with van der Waals surface area (Å²) in [5, 5.41) is 12.1. The molecule has 0 aliphatic carbocycles. The van der Waals surface area contributed by atoms with Gasteiger partial charge in [0.25, 0.3) is 0 Å². The molecule has 3 aromatic rings. The highest BCUT2D eigenvalue weighted by Gasteiger charge is 2.16. The van der Waals surface area contributed by atoms with Gasteiger partial charge in [-0.2, -0.15) is 0 Å². The second-order valence-electron chi connectivity index (χ2n) is 5.22. The van der Waals surface area contributed by atoms with E-state index >= 15 is 0 Å². The number of halogens is 1. The van der Waals surface area contributed by atoms with Crippen molar-refractivity contribution in [2.75, 3.05) is 12.4 Å². The lowest BCUT2D eigenvalue weighted by Gasteiger charge is -2.14. The smallest absolute Gasteiger partial charge is 0.339 e. The number of carbonyl (C=O) groups is 1. The number of aromatic nitrogens is 1. The van der Waals surface area contributed by atoms with Crippen LogP contribution < -0.4 is 10.1 Å². The van der Waals surface area contributed by atoms with Crippen LogP contribution in [0.1, 0.15) is 10.4 Å². The molecule has 0 atom stereocenters. The molecule has 0 saturated carbocycles. The second kappa shape index (κ2) is 7.00. The molecule has 1 heterocycles. The van der Waals surface area contributed by atoms with Crippen molar-refractivity contribution >= 4 is 17.5 Å². The van der Waals surface area contributed by atoms with Crippen LogP contribution in [0.3, 0.4) is 0 Å². The number of nitrogens with zero attached hydrogens (tertiary/aromatic N) is 1. The molecule has 1 aromatic heterocycles. The summed E-state index contributed by atoms with van der Waals surface area (Å²) < 4.78 is 19.7. The maximum Gasteiger partial charge on any atom is 0.339 e. The Balaban J connectivity index is 2.10. The second-order valence-corrected chi connectivity index (χ2v) is 5.22. The summed E-state index contributed by atoms with van der Waals surface area (Å²) in [5.41, 5.74) is 1.41. The first-order valence-electron chi connectivity index (χ1n) is 7.48. The molecule has 25 heavy (non-hydrogen) atoms. The van der Waals surface area contributed by atoms with Gasteiger partial charge in [0.2, 0.25) is 0 Å². The van der Waals surface area contributed by atoms with Crippen LogP contribution in [0, 0.1) is 5.82 Å². The number of hydrogen-bond acceptors (Lipinski definition) is 4. The first-order chi connectivity index (χ1) is 12.1. The summed E-state index contributed by atoms with van der Waals surface area (Å²) in [7, 11) is 1.55. The van der Waals surface area contributed by atoms with E-state index in [0.717, 1.165) is 5.56 Å². The third-order valence-electron chi connectivity index (χ3n) is 3.68. The predicted octanol–water partition coefficient (Wildman–Crippen LogP) is 4.34. The molecule has 0 unspecified atom stereocenters. The number of pyridine rings is 1. The number of methoxy groups -OCH3 is 1. The highest BCUT2D eigenvalue weighted by Crippen LogP contribution is 2.34. The first-order valence-corrected chi connectivity index (χ1v) is 7.48. The highest BCUT2D eigenvalue weighted by molar-refractivity contribution is 5.95. The van der Waals surface area contributed by atoms with E-state index < -0.39 is 11.8 Å². The molecule has 5 nitrogen and oxygen atoms in total. The zero-order valence-electron chi connectivity index (χ0n) is 13.4. The standard InChI is InChI=1S/C19H15FN2O3/c1-25-13-6-2-5-12(11-13)14-7-3-9-16(20)17(14)22-18-15(19(23)24)8-4-10-21-18/h2-11H,1H3,(H,21,22)(H,23,24). The monoisotopic (exact) mass is 338 g/mol. The van der Waals surface area contributed by atoms with Crippen molar-refractivity contribution in [3.8, 4) is 16.9 Å². The van der Waals surface area contributed by atoms with Gasteiger partial charge in [0, 0.05) is 11.8 Å². The van der Waals surface area contributed by atoms with Crippen molar-refractivity contribution < 1.29 is 19.0 Å². The largest absolute Gasteiger partial charge is 0.497 e. The van der Waals surface area contributed by atoms with Crippen molar-refractivity contribution in [3.63, 3.8) is 0 Å². The molecule has 2 aromatic carbocycles. The average molecular weight is 338 g/mol. The lowest BCUT2D eigenvalue weighted by molar-refractivity contribution is 0.0697. The van der Waals surface area contributed by atoms with Crippen molar-refractivity contribution in [3.05, 3.63) is 72.2 Å². The topological polar surface area (TPSA) is 71.5 Å². The summed E-state index contributed by atoms with van der Waals surface area (Å²) in [6.45, 7) is 0. The SMILES string of the molecule is COc1cccc(-c2cccc(F)c2Nc2ncccc2C(=O)O)c1. The molecule has 0 aliphatic heterocycles. The number of benzene rings is 2. The number of nitrogens with one attached hydrogen (secondary N) is 1. The predicted molar refractivity (Wildman–Crippen MR) is 92.9 cm³/mol. The molecule has 0 spiro atoms. The van der Waals surface area contributed by atoms with Crippen LogP contribution in [0.15, 0.2) is 60.8 Å². The third-order valence-corrected chi connectivity index (χ3v) is 3.68. The van der Waals surface area contributed by atoms with E-state index in [0.29, 0.717) is 11.3 Å². The number of hydrogen-bond donors (Lipinski definition) is 2. The van der Waals surface area contributed by atoms with Gasteiger partial charge in [0.15, 0.2) is 0 Å². The van der Waals surface area contributed by atoms with Gasteiger partial charge in [-0.05, 0) is 35.9 Å². The molecular weight excluding hydrogens is 323 g/mol. The molecule has 6 heteroatoms. The summed E-state index contributed by atoms with van der Waals surface area (Å²) in [4.78, 5) is 15.4. The molecule has 0 aliphatic rings. The number of aromatic carboxylic acids is 1. The van der Waals surface area contributed by atoms with E-state index in [9.17, 15) is 14.3 Å². The molecule has 0 bridgehead atoms. The van der Waals surface area contributed by atoms with E-state index in [1.807, 2.05) is 6.07 Å². The lowest BCUT2D eigenvalue weighted by Crippen LogP contribution is -2.06. The Labute approximate surface area is 143 Å². The summed E-state index contributed by atoms with van der Waals surface area (Å²) in [6, 6.07) is 14.7. The number of ether oxygens (including phenoxy) is 1. The maximum atomic E-state index is 14.5. The van der Waals surface area contributed by atoms with Crippen molar-refractivity contribution in [2.45, 2.75) is 0 Å². The Bertz CT molecular complexity index is 928. The van der Waals surface area contributed by atoms with Gasteiger partial charge < -0.3 is 15.2 Å². The molecule has 2 N–H and O–H groups in total. The number of carboxylic acid groups (broad SMARTS) is 1. The quantitative estimate of drug-likeness (QED) is 0.724. The first kappa shape index (κ1) is 16.4. The van der Waals surface area contributed by atoms with Crippen LogP contribution in [-0.2, 0) is 0 Å². The van der Waals surface area contributed by atoms with E-state index in [1.54, 1.807) is 37.4 Å². The molecule has 0 amide bonds. The van der Waals surface area contributed by atoms with Gasteiger partial charge in [0.05, 0.1) is 12.8 Å². The van der Waals surface area contributed by atoms with Crippen molar-refractivity contribution in [1.82, 2.24) is 4.98 Å². The molecule has 3 rings (SSSR count). The van der Waals surface area contributed by atoms with Gasteiger partial charge in [-0.15, -0.1) is 0 Å². The van der Waals surface area contributed by atoms with Crippen LogP contribution in [0.2, 0.25) is 0 Å². The fourth-order valence-electron chi connectivity index (χ4n) is 2.48. The zero-order chi connectivity index (χ0) is 17.8. The molecule has 0 saturated heterocycles. The van der Waals surface area contributed by atoms with E-state index in [1.165, 1.54) is 24.4 Å². The number of rotatable bonds is 5. The fraction of sp³-hybridized carbons (Fsp3) is 0.0526. The molecule has 0 radical (unpaired) electrons. The van der Waals surface area contributed by atoms with E-state index in [-0.39, 0.29) is 17.1 Å². The van der Waals surface area contributed by atoms with Crippen molar-refractivity contribution in [1.29, 1.82) is 0 Å². The minimum atomic E-state index is -1.14. The van der Waals surface area contributed by atoms with Crippen LogP contribution >= 0.6 is 0 Å². The van der Waals surface area contributed by atoms with Gasteiger partial charge in [0.1, 0.15) is 22.9 Å². The minimum Gasteiger partial charge on any atom is -0.497 e. The van der Waals surface area contributed by atoms with Crippen LogP contribution in [0.25, 0.3) is 11.1 Å².